The van der Waals surface area contributed by atoms with E-state index in [9.17, 15) is 9.59 Å². The van der Waals surface area contributed by atoms with Gasteiger partial charge in [-0.2, -0.15) is 0 Å². The Balaban J connectivity index is 1.90. The van der Waals surface area contributed by atoms with Crippen molar-refractivity contribution in [1.82, 2.24) is 5.32 Å². The van der Waals surface area contributed by atoms with Crippen molar-refractivity contribution in [3.63, 3.8) is 0 Å². The number of aryl methyl sites for hydroxylation is 2. The van der Waals surface area contributed by atoms with E-state index in [1.165, 1.54) is 0 Å². The Bertz CT molecular complexity index is 665. The van der Waals surface area contributed by atoms with Gasteiger partial charge >= 0.3 is 5.97 Å². The second-order valence-electron chi connectivity index (χ2n) is 4.79. The topological polar surface area (TPSA) is 55.4 Å². The maximum atomic E-state index is 11.9. The second-order valence-corrected chi connectivity index (χ2v) is 4.79. The first-order chi connectivity index (χ1) is 10.1. The van der Waals surface area contributed by atoms with Crippen LogP contribution in [-0.2, 0) is 4.79 Å². The average Bonchev–Trinajstić information content (AvgIpc) is 2.47. The van der Waals surface area contributed by atoms with E-state index in [4.69, 9.17) is 4.74 Å². The van der Waals surface area contributed by atoms with Crippen LogP contribution in [0.3, 0.4) is 0 Å². The molecule has 0 fully saturated rings. The van der Waals surface area contributed by atoms with Gasteiger partial charge in [0.15, 0.2) is 0 Å². The molecule has 0 aromatic heterocycles. The predicted molar refractivity (Wildman–Crippen MR) is 80.3 cm³/mol. The lowest BCUT2D eigenvalue weighted by molar-refractivity contribution is -0.133. The molecule has 0 aliphatic carbocycles. The molecule has 4 nitrogen and oxygen atoms in total. The summed E-state index contributed by atoms with van der Waals surface area (Å²) < 4.78 is 5.20. The van der Waals surface area contributed by atoms with E-state index >= 15 is 0 Å². The summed E-state index contributed by atoms with van der Waals surface area (Å²) in [5, 5.41) is 2.55. The Morgan fingerprint density at radius 2 is 1.81 bits per heavy atom. The monoisotopic (exact) mass is 283 g/mol. The Morgan fingerprint density at radius 3 is 2.52 bits per heavy atom. The number of para-hydroxylation sites is 1. The smallest absolute Gasteiger partial charge is 0.330 e. The van der Waals surface area contributed by atoms with Gasteiger partial charge in [-0.25, -0.2) is 4.79 Å². The van der Waals surface area contributed by atoms with Crippen molar-refractivity contribution in [3.8, 4) is 5.75 Å². The first kappa shape index (κ1) is 14.8. The van der Waals surface area contributed by atoms with Crippen LogP contribution in [0.4, 0.5) is 0 Å². The molecule has 0 unspecified atom stereocenters. The van der Waals surface area contributed by atoms with Gasteiger partial charge < -0.3 is 10.1 Å². The van der Waals surface area contributed by atoms with E-state index in [1.807, 2.05) is 32.0 Å². The van der Waals surface area contributed by atoms with E-state index in [0.29, 0.717) is 11.3 Å². The third-order valence-corrected chi connectivity index (χ3v) is 2.99. The maximum Gasteiger partial charge on any atom is 0.330 e. The number of rotatable bonds is 4. The van der Waals surface area contributed by atoms with E-state index in [1.54, 1.807) is 30.3 Å². The minimum atomic E-state index is -0.495. The van der Waals surface area contributed by atoms with Crippen LogP contribution in [0, 0.1) is 13.8 Å². The fraction of sp³-hybridized carbons (Fsp3) is 0.176. The number of ether oxygens (including phenoxy) is 1. The Kier molecular flexibility index (Phi) is 4.72. The van der Waals surface area contributed by atoms with Gasteiger partial charge in [0.2, 0.25) is 0 Å². The van der Waals surface area contributed by atoms with Crippen LogP contribution >= 0.6 is 0 Å². The van der Waals surface area contributed by atoms with Crippen LogP contribution in [-0.4, -0.2) is 18.4 Å². The van der Waals surface area contributed by atoms with Crippen molar-refractivity contribution in [2.24, 2.45) is 0 Å². The predicted octanol–water partition coefficient (Wildman–Crippen LogP) is 2.64. The molecule has 2 aromatic carbocycles. The van der Waals surface area contributed by atoms with E-state index < -0.39 is 5.97 Å². The molecule has 0 bridgehead atoms. The highest BCUT2D eigenvalue weighted by molar-refractivity contribution is 5.96. The van der Waals surface area contributed by atoms with Gasteiger partial charge in [0, 0.05) is 5.56 Å². The van der Waals surface area contributed by atoms with Crippen molar-refractivity contribution in [2.45, 2.75) is 13.8 Å². The number of hydrogen-bond donors (Lipinski definition) is 1. The number of carbonyl (C=O) groups excluding carboxylic acids is 2. The van der Waals surface area contributed by atoms with Crippen molar-refractivity contribution in [1.29, 1.82) is 0 Å². The molecule has 0 radical (unpaired) electrons. The molecule has 0 saturated carbocycles. The van der Waals surface area contributed by atoms with Gasteiger partial charge in [-0.05, 0) is 37.6 Å². The molecule has 0 spiro atoms. The van der Waals surface area contributed by atoms with Gasteiger partial charge in [0.1, 0.15) is 12.3 Å². The third-order valence-electron chi connectivity index (χ3n) is 2.99. The standard InChI is InChI=1S/C17H17NO3/c1-12-6-5-8-14(10-12)17(20)18-11-16(19)21-15-9-4-3-7-13(15)2/h3-10H,11H2,1-2H3,(H,18,20). The van der Waals surface area contributed by atoms with Crippen LogP contribution in [0.25, 0.3) is 0 Å². The summed E-state index contributed by atoms with van der Waals surface area (Å²) >= 11 is 0. The highest BCUT2D eigenvalue weighted by Crippen LogP contribution is 2.16. The maximum absolute atomic E-state index is 11.9. The zero-order valence-electron chi connectivity index (χ0n) is 12.1. The summed E-state index contributed by atoms with van der Waals surface area (Å²) in [5.41, 5.74) is 2.39. The largest absolute Gasteiger partial charge is 0.425 e. The molecule has 2 rings (SSSR count). The first-order valence-corrected chi connectivity index (χ1v) is 6.67. The molecule has 4 heteroatoms. The zero-order chi connectivity index (χ0) is 15.2. The molecule has 1 amide bonds. The molecular formula is C17H17NO3. The minimum absolute atomic E-state index is 0.166. The van der Waals surface area contributed by atoms with Gasteiger partial charge in [0.05, 0.1) is 0 Å². The lowest BCUT2D eigenvalue weighted by Crippen LogP contribution is -2.32. The SMILES string of the molecule is Cc1cccc(C(=O)NCC(=O)Oc2ccccc2C)c1. The van der Waals surface area contributed by atoms with Crippen LogP contribution in [0.2, 0.25) is 0 Å². The normalized spacial score (nSPS) is 10.0. The van der Waals surface area contributed by atoms with Crippen LogP contribution in [0.15, 0.2) is 48.5 Å². The molecule has 2 aromatic rings. The Hall–Kier alpha value is -2.62. The molecule has 0 aliphatic heterocycles. The summed E-state index contributed by atoms with van der Waals surface area (Å²) in [6.07, 6.45) is 0. The highest BCUT2D eigenvalue weighted by Gasteiger charge is 2.10. The minimum Gasteiger partial charge on any atom is -0.425 e. The molecule has 0 atom stereocenters. The summed E-state index contributed by atoms with van der Waals surface area (Å²) in [6.45, 7) is 3.60. The number of benzene rings is 2. The first-order valence-electron chi connectivity index (χ1n) is 6.67. The van der Waals surface area contributed by atoms with E-state index in [0.717, 1.165) is 11.1 Å². The van der Waals surface area contributed by atoms with Crippen LogP contribution in [0.5, 0.6) is 5.75 Å². The van der Waals surface area contributed by atoms with Crippen molar-refractivity contribution >= 4 is 11.9 Å². The molecule has 21 heavy (non-hydrogen) atoms. The second kappa shape index (κ2) is 6.70. The van der Waals surface area contributed by atoms with Crippen molar-refractivity contribution in [3.05, 3.63) is 65.2 Å². The van der Waals surface area contributed by atoms with Crippen LogP contribution in [0.1, 0.15) is 21.5 Å². The quantitative estimate of drug-likeness (QED) is 0.693. The number of hydrogen-bond acceptors (Lipinski definition) is 3. The molecule has 108 valence electrons. The van der Waals surface area contributed by atoms with Gasteiger partial charge in [0.25, 0.3) is 5.91 Å². The van der Waals surface area contributed by atoms with Gasteiger partial charge in [-0.15, -0.1) is 0 Å². The lowest BCUT2D eigenvalue weighted by Gasteiger charge is -2.08. The van der Waals surface area contributed by atoms with Crippen LogP contribution < -0.4 is 10.1 Å². The van der Waals surface area contributed by atoms with E-state index in [2.05, 4.69) is 5.32 Å². The fourth-order valence-electron chi connectivity index (χ4n) is 1.87. The van der Waals surface area contributed by atoms with Crippen molar-refractivity contribution < 1.29 is 14.3 Å². The molecule has 0 saturated heterocycles. The highest BCUT2D eigenvalue weighted by atomic mass is 16.5. The number of nitrogens with one attached hydrogen (secondary N) is 1. The van der Waals surface area contributed by atoms with Gasteiger partial charge in [-0.1, -0.05) is 35.9 Å². The summed E-state index contributed by atoms with van der Waals surface area (Å²) in [6, 6.07) is 14.4. The molecule has 0 aliphatic rings. The number of amides is 1. The Labute approximate surface area is 123 Å². The summed E-state index contributed by atoms with van der Waals surface area (Å²) in [4.78, 5) is 23.6. The lowest BCUT2D eigenvalue weighted by atomic mass is 10.1. The molecule has 1 N–H and O–H groups in total. The zero-order valence-corrected chi connectivity index (χ0v) is 12.1. The number of carbonyl (C=O) groups is 2. The summed E-state index contributed by atoms with van der Waals surface area (Å²) in [5.74, 6) is -0.280. The number of esters is 1. The average molecular weight is 283 g/mol. The van der Waals surface area contributed by atoms with E-state index in [-0.39, 0.29) is 12.5 Å². The third kappa shape index (κ3) is 4.18. The van der Waals surface area contributed by atoms with Gasteiger partial charge in [-0.3, -0.25) is 4.79 Å². The fourth-order valence-corrected chi connectivity index (χ4v) is 1.87. The molecule has 0 heterocycles. The summed E-state index contributed by atoms with van der Waals surface area (Å²) in [7, 11) is 0. The molecular weight excluding hydrogens is 266 g/mol. The van der Waals surface area contributed by atoms with Crippen molar-refractivity contribution in [2.75, 3.05) is 6.54 Å². The Morgan fingerprint density at radius 1 is 1.05 bits per heavy atom.